The van der Waals surface area contributed by atoms with Crippen LogP contribution in [-0.2, 0) is 0 Å². The number of alkyl halides is 1. The smallest absolute Gasteiger partial charge is 0.0950 e. The maximum absolute atomic E-state index is 5.63. The minimum absolute atomic E-state index is 0.427. The summed E-state index contributed by atoms with van der Waals surface area (Å²) in [4.78, 5) is 0. The molecule has 0 aliphatic rings. The van der Waals surface area contributed by atoms with Gasteiger partial charge in [0.1, 0.15) is 0 Å². The average molecular weight is 182 g/mol. The van der Waals surface area contributed by atoms with Gasteiger partial charge in [0.25, 0.3) is 0 Å². The molecule has 1 heterocycles. The zero-order valence-corrected chi connectivity index (χ0v) is 6.85. The summed E-state index contributed by atoms with van der Waals surface area (Å²) in [6, 6.07) is 4.16. The molecule has 0 aromatic carbocycles. The van der Waals surface area contributed by atoms with E-state index >= 15 is 0 Å². The van der Waals surface area contributed by atoms with Crippen molar-refractivity contribution in [1.29, 1.82) is 0 Å². The highest BCUT2D eigenvalue weighted by Gasteiger charge is 1.93. The van der Waals surface area contributed by atoms with Crippen LogP contribution in [0.5, 0.6) is 0 Å². The van der Waals surface area contributed by atoms with Gasteiger partial charge in [-0.3, -0.25) is 0 Å². The lowest BCUT2D eigenvalue weighted by Gasteiger charge is -1.92. The lowest BCUT2D eigenvalue weighted by molar-refractivity contribution is 1.51. The molecule has 1 rings (SSSR count). The summed E-state index contributed by atoms with van der Waals surface area (Å²) in [5.41, 5.74) is 0. The van der Waals surface area contributed by atoms with E-state index in [1.807, 2.05) is 12.1 Å². The Bertz CT molecular complexity index is 187. The Balaban J connectivity index is 2.61. The molecular weight excluding hydrogens is 177 g/mol. The van der Waals surface area contributed by atoms with Crippen LogP contribution in [0.15, 0.2) is 12.1 Å². The number of halogens is 2. The fourth-order valence-electron chi connectivity index (χ4n) is 0.475. The van der Waals surface area contributed by atoms with E-state index in [1.165, 1.54) is 11.3 Å². The molecule has 0 atom stereocenters. The molecule has 1 nitrogen and oxygen atoms in total. The summed E-state index contributed by atoms with van der Waals surface area (Å²) in [5, 5.41) is 3.94. The highest BCUT2D eigenvalue weighted by Crippen LogP contribution is 2.25. The molecule has 1 N–H and O–H groups in total. The summed E-state index contributed by atoms with van der Waals surface area (Å²) < 4.78 is 0.780. The highest BCUT2D eigenvalue weighted by atomic mass is 35.5. The van der Waals surface area contributed by atoms with Gasteiger partial charge in [0.15, 0.2) is 0 Å². The third kappa shape index (κ3) is 2.05. The Labute approximate surface area is 67.6 Å². The SMILES string of the molecule is ClCNc1ccc(Cl)s1. The molecule has 0 fully saturated rings. The van der Waals surface area contributed by atoms with Gasteiger partial charge >= 0.3 is 0 Å². The van der Waals surface area contributed by atoms with Crippen LogP contribution in [0.3, 0.4) is 0 Å². The van der Waals surface area contributed by atoms with Gasteiger partial charge in [0, 0.05) is 0 Å². The molecule has 1 aromatic rings. The summed E-state index contributed by atoms with van der Waals surface area (Å²) in [5.74, 6) is 0. The van der Waals surface area contributed by atoms with E-state index in [0.29, 0.717) is 6.00 Å². The standard InChI is InChI=1S/C5H5Cl2NS/c6-3-8-5-2-1-4(7)9-5/h1-2,8H,3H2. The number of anilines is 1. The highest BCUT2D eigenvalue weighted by molar-refractivity contribution is 7.19. The molecule has 9 heavy (non-hydrogen) atoms. The molecule has 50 valence electrons. The van der Waals surface area contributed by atoms with Crippen molar-refractivity contribution in [3.8, 4) is 0 Å². The quantitative estimate of drug-likeness (QED) is 0.547. The maximum Gasteiger partial charge on any atom is 0.0950 e. The van der Waals surface area contributed by atoms with Crippen molar-refractivity contribution >= 4 is 39.5 Å². The molecule has 0 radical (unpaired) electrons. The summed E-state index contributed by atoms with van der Waals surface area (Å²) >= 11 is 12.5. The topological polar surface area (TPSA) is 12.0 Å². The normalized spacial score (nSPS) is 9.56. The molecule has 1 aromatic heterocycles. The van der Waals surface area contributed by atoms with E-state index in [1.54, 1.807) is 0 Å². The van der Waals surface area contributed by atoms with Gasteiger partial charge in [-0.25, -0.2) is 0 Å². The molecule has 0 bridgehead atoms. The van der Waals surface area contributed by atoms with Crippen molar-refractivity contribution in [2.24, 2.45) is 0 Å². The van der Waals surface area contributed by atoms with E-state index in [4.69, 9.17) is 23.2 Å². The Morgan fingerprint density at radius 1 is 1.56 bits per heavy atom. The van der Waals surface area contributed by atoms with Crippen molar-refractivity contribution in [2.75, 3.05) is 11.3 Å². The first-order chi connectivity index (χ1) is 4.33. The van der Waals surface area contributed by atoms with Crippen molar-refractivity contribution in [2.45, 2.75) is 0 Å². The van der Waals surface area contributed by atoms with Gasteiger partial charge < -0.3 is 5.32 Å². The molecule has 0 spiro atoms. The van der Waals surface area contributed by atoms with Gasteiger partial charge in [-0.1, -0.05) is 11.6 Å². The predicted molar refractivity (Wildman–Crippen MR) is 43.7 cm³/mol. The number of rotatable bonds is 2. The third-order valence-corrected chi connectivity index (χ3v) is 2.14. The van der Waals surface area contributed by atoms with Gasteiger partial charge in [-0.05, 0) is 12.1 Å². The number of hydrogen-bond acceptors (Lipinski definition) is 2. The summed E-state index contributed by atoms with van der Waals surface area (Å²) in [6.07, 6.45) is 0. The maximum atomic E-state index is 5.63. The van der Waals surface area contributed by atoms with E-state index < -0.39 is 0 Å². The molecule has 0 saturated heterocycles. The van der Waals surface area contributed by atoms with Gasteiger partial charge in [-0.15, -0.1) is 22.9 Å². The minimum atomic E-state index is 0.427. The Morgan fingerprint density at radius 2 is 2.33 bits per heavy atom. The number of hydrogen-bond donors (Lipinski definition) is 1. The van der Waals surface area contributed by atoms with Gasteiger partial charge in [0.2, 0.25) is 0 Å². The molecule has 0 saturated carbocycles. The molecular formula is C5H5Cl2NS. The second kappa shape index (κ2) is 3.30. The van der Waals surface area contributed by atoms with Crippen LogP contribution in [0.1, 0.15) is 0 Å². The van der Waals surface area contributed by atoms with Gasteiger partial charge in [-0.2, -0.15) is 0 Å². The van der Waals surface area contributed by atoms with Crippen molar-refractivity contribution in [1.82, 2.24) is 0 Å². The fraction of sp³-hybridized carbons (Fsp3) is 0.200. The monoisotopic (exact) mass is 181 g/mol. The number of thiophene rings is 1. The van der Waals surface area contributed by atoms with E-state index in [9.17, 15) is 0 Å². The fourth-order valence-corrected chi connectivity index (χ4v) is 1.64. The molecule has 0 aliphatic heterocycles. The minimum Gasteiger partial charge on any atom is -0.363 e. The third-order valence-electron chi connectivity index (χ3n) is 0.814. The van der Waals surface area contributed by atoms with Gasteiger partial charge in [0.05, 0.1) is 15.3 Å². The lowest BCUT2D eigenvalue weighted by atomic mass is 10.6. The average Bonchev–Trinajstić information content (AvgIpc) is 2.17. The Kier molecular flexibility index (Phi) is 2.64. The predicted octanol–water partition coefficient (Wildman–Crippen LogP) is 3.01. The van der Waals surface area contributed by atoms with E-state index in [0.717, 1.165) is 9.34 Å². The van der Waals surface area contributed by atoms with E-state index in [-0.39, 0.29) is 0 Å². The first-order valence-corrected chi connectivity index (χ1v) is 4.11. The summed E-state index contributed by atoms with van der Waals surface area (Å²) in [7, 11) is 0. The van der Waals surface area contributed by atoms with E-state index in [2.05, 4.69) is 5.32 Å². The first kappa shape index (κ1) is 7.19. The zero-order chi connectivity index (χ0) is 6.69. The van der Waals surface area contributed by atoms with Crippen LogP contribution >= 0.6 is 34.5 Å². The first-order valence-electron chi connectivity index (χ1n) is 2.38. The molecule has 0 aliphatic carbocycles. The largest absolute Gasteiger partial charge is 0.363 e. The molecule has 0 unspecified atom stereocenters. The Morgan fingerprint density at radius 3 is 2.78 bits per heavy atom. The van der Waals surface area contributed by atoms with Crippen LogP contribution in [-0.4, -0.2) is 6.00 Å². The van der Waals surface area contributed by atoms with Crippen LogP contribution in [0.25, 0.3) is 0 Å². The molecule has 0 amide bonds. The zero-order valence-electron chi connectivity index (χ0n) is 4.53. The van der Waals surface area contributed by atoms with Crippen molar-refractivity contribution in [3.05, 3.63) is 16.5 Å². The van der Waals surface area contributed by atoms with Crippen LogP contribution in [0, 0.1) is 0 Å². The Hall–Kier alpha value is 0.0800. The second-order valence-electron chi connectivity index (χ2n) is 1.41. The van der Waals surface area contributed by atoms with Crippen LogP contribution in [0.2, 0.25) is 4.34 Å². The van der Waals surface area contributed by atoms with Crippen LogP contribution < -0.4 is 5.32 Å². The molecule has 4 heteroatoms. The lowest BCUT2D eigenvalue weighted by Crippen LogP contribution is -1.89. The second-order valence-corrected chi connectivity index (χ2v) is 3.40. The van der Waals surface area contributed by atoms with Crippen molar-refractivity contribution < 1.29 is 0 Å². The number of nitrogens with one attached hydrogen (secondary N) is 1. The van der Waals surface area contributed by atoms with Crippen LogP contribution in [0.4, 0.5) is 5.00 Å². The van der Waals surface area contributed by atoms with Crippen molar-refractivity contribution in [3.63, 3.8) is 0 Å². The summed E-state index contributed by atoms with van der Waals surface area (Å²) in [6.45, 7) is 0.